The maximum atomic E-state index is 14.9. The number of carbonyl (C=O) groups is 1. The number of aromatic nitrogens is 2. The molecule has 11 heteroatoms. The fourth-order valence-electron chi connectivity index (χ4n) is 2.98. The standard InChI is InChI=1S/C19H23BrFN5O4/c1-28-5-3-22-18-13(20)9-23-19(25-18)24-15-8-14(21)12(7-16(15)29-2)17-10-26(11-27)4-6-30-17/h7-9,11,17H,3-6,10H2,1-2H3,(H2,22,23,24,25). The zero-order chi connectivity index (χ0) is 21.5. The van der Waals surface area contributed by atoms with Crippen LogP contribution in [0, 0.1) is 5.82 Å². The monoisotopic (exact) mass is 483 g/mol. The molecule has 1 atom stereocenters. The molecule has 0 radical (unpaired) electrons. The first-order valence-corrected chi connectivity index (χ1v) is 10.1. The third-order valence-electron chi connectivity index (χ3n) is 4.50. The second-order valence-corrected chi connectivity index (χ2v) is 7.32. The summed E-state index contributed by atoms with van der Waals surface area (Å²) in [5.74, 6) is 0.764. The predicted molar refractivity (Wildman–Crippen MR) is 113 cm³/mol. The number of hydrogen-bond acceptors (Lipinski definition) is 8. The van der Waals surface area contributed by atoms with E-state index in [9.17, 15) is 9.18 Å². The van der Waals surface area contributed by atoms with E-state index in [1.54, 1.807) is 24.3 Å². The Labute approximate surface area is 182 Å². The highest BCUT2D eigenvalue weighted by Crippen LogP contribution is 2.34. The van der Waals surface area contributed by atoms with Crippen LogP contribution in [-0.2, 0) is 14.3 Å². The maximum Gasteiger partial charge on any atom is 0.229 e. The van der Waals surface area contributed by atoms with Gasteiger partial charge >= 0.3 is 0 Å². The fourth-order valence-corrected chi connectivity index (χ4v) is 3.31. The van der Waals surface area contributed by atoms with E-state index < -0.39 is 11.9 Å². The second-order valence-electron chi connectivity index (χ2n) is 6.47. The van der Waals surface area contributed by atoms with Gasteiger partial charge in [0.15, 0.2) is 0 Å². The summed E-state index contributed by atoms with van der Waals surface area (Å²) >= 11 is 3.39. The van der Waals surface area contributed by atoms with Crippen LogP contribution in [0.5, 0.6) is 5.75 Å². The number of methoxy groups -OCH3 is 2. The number of nitrogens with one attached hydrogen (secondary N) is 2. The molecule has 0 spiro atoms. The molecule has 0 saturated carbocycles. The summed E-state index contributed by atoms with van der Waals surface area (Å²) in [6, 6.07) is 2.87. The molecule has 1 unspecified atom stereocenters. The van der Waals surface area contributed by atoms with Crippen molar-refractivity contribution < 1.29 is 23.4 Å². The molecule has 9 nitrogen and oxygen atoms in total. The summed E-state index contributed by atoms with van der Waals surface area (Å²) < 4.78 is 31.7. The molecule has 0 aliphatic carbocycles. The number of halogens is 2. The van der Waals surface area contributed by atoms with Gasteiger partial charge in [-0.3, -0.25) is 4.79 Å². The van der Waals surface area contributed by atoms with Crippen LogP contribution < -0.4 is 15.4 Å². The van der Waals surface area contributed by atoms with E-state index in [0.717, 1.165) is 6.41 Å². The Balaban J connectivity index is 1.82. The molecule has 1 amide bonds. The Morgan fingerprint density at radius 2 is 2.27 bits per heavy atom. The van der Waals surface area contributed by atoms with Crippen LogP contribution in [0.3, 0.4) is 0 Å². The average molecular weight is 484 g/mol. The van der Waals surface area contributed by atoms with Crippen LogP contribution in [0.1, 0.15) is 11.7 Å². The Morgan fingerprint density at radius 3 is 3.00 bits per heavy atom. The molecule has 1 fully saturated rings. The van der Waals surface area contributed by atoms with Gasteiger partial charge < -0.3 is 29.7 Å². The van der Waals surface area contributed by atoms with Crippen molar-refractivity contribution in [3.8, 4) is 5.75 Å². The molecule has 2 heterocycles. The lowest BCUT2D eigenvalue weighted by Gasteiger charge is -2.31. The molecule has 0 bridgehead atoms. The normalized spacial score (nSPS) is 16.3. The van der Waals surface area contributed by atoms with Gasteiger partial charge in [0.1, 0.15) is 23.5 Å². The van der Waals surface area contributed by atoms with Crippen molar-refractivity contribution in [2.24, 2.45) is 0 Å². The third kappa shape index (κ3) is 5.35. The van der Waals surface area contributed by atoms with Crippen LogP contribution >= 0.6 is 15.9 Å². The molecule has 2 N–H and O–H groups in total. The van der Waals surface area contributed by atoms with E-state index in [-0.39, 0.29) is 12.5 Å². The minimum atomic E-state index is -0.563. The van der Waals surface area contributed by atoms with Crippen molar-refractivity contribution in [3.05, 3.63) is 34.2 Å². The Morgan fingerprint density at radius 1 is 1.43 bits per heavy atom. The average Bonchev–Trinajstić information content (AvgIpc) is 2.76. The molecule has 2 aromatic rings. The van der Waals surface area contributed by atoms with Gasteiger partial charge in [-0.25, -0.2) is 9.37 Å². The Bertz CT molecular complexity index is 888. The van der Waals surface area contributed by atoms with Gasteiger partial charge in [-0.1, -0.05) is 0 Å². The van der Waals surface area contributed by atoms with Crippen molar-refractivity contribution in [2.75, 3.05) is 57.7 Å². The van der Waals surface area contributed by atoms with Gasteiger partial charge in [-0.05, 0) is 22.0 Å². The van der Waals surface area contributed by atoms with Gasteiger partial charge in [0.25, 0.3) is 0 Å². The number of amides is 1. The second kappa shape index (κ2) is 10.5. The summed E-state index contributed by atoms with van der Waals surface area (Å²) in [5, 5.41) is 6.11. The van der Waals surface area contributed by atoms with E-state index in [4.69, 9.17) is 14.2 Å². The number of anilines is 3. The topological polar surface area (TPSA) is 97.8 Å². The molecule has 1 saturated heterocycles. The van der Waals surface area contributed by atoms with Gasteiger partial charge in [0, 0.05) is 38.0 Å². The Kier molecular flexibility index (Phi) is 7.77. The molecule has 3 rings (SSSR count). The first kappa shape index (κ1) is 22.2. The number of benzene rings is 1. The van der Waals surface area contributed by atoms with Crippen molar-refractivity contribution in [1.82, 2.24) is 14.9 Å². The molecule has 1 aliphatic heterocycles. The van der Waals surface area contributed by atoms with Gasteiger partial charge in [0.2, 0.25) is 12.4 Å². The van der Waals surface area contributed by atoms with E-state index >= 15 is 0 Å². The highest BCUT2D eigenvalue weighted by atomic mass is 79.9. The number of ether oxygens (including phenoxy) is 3. The van der Waals surface area contributed by atoms with Gasteiger partial charge in [-0.2, -0.15) is 4.98 Å². The quantitative estimate of drug-likeness (QED) is 0.415. The van der Waals surface area contributed by atoms with Crippen LogP contribution in [0.2, 0.25) is 0 Å². The highest BCUT2D eigenvalue weighted by Gasteiger charge is 2.25. The summed E-state index contributed by atoms with van der Waals surface area (Å²) in [6.45, 7) is 2.20. The molecule has 1 aromatic carbocycles. The highest BCUT2D eigenvalue weighted by molar-refractivity contribution is 9.10. The lowest BCUT2D eigenvalue weighted by Crippen LogP contribution is -2.37. The molecular weight excluding hydrogens is 461 g/mol. The largest absolute Gasteiger partial charge is 0.495 e. The summed E-state index contributed by atoms with van der Waals surface area (Å²) in [7, 11) is 3.10. The number of hydrogen-bond donors (Lipinski definition) is 2. The molecule has 30 heavy (non-hydrogen) atoms. The van der Waals surface area contributed by atoms with Crippen molar-refractivity contribution >= 4 is 39.8 Å². The summed E-state index contributed by atoms with van der Waals surface area (Å²) in [5.41, 5.74) is 0.689. The minimum Gasteiger partial charge on any atom is -0.495 e. The molecule has 1 aromatic heterocycles. The minimum absolute atomic E-state index is 0.268. The van der Waals surface area contributed by atoms with E-state index in [1.165, 1.54) is 13.2 Å². The number of morpholine rings is 1. The van der Waals surface area contributed by atoms with Crippen molar-refractivity contribution in [3.63, 3.8) is 0 Å². The zero-order valence-electron chi connectivity index (χ0n) is 16.7. The van der Waals surface area contributed by atoms with Crippen molar-refractivity contribution in [2.45, 2.75) is 6.10 Å². The number of rotatable bonds is 9. The molecule has 1 aliphatic rings. The summed E-state index contributed by atoms with van der Waals surface area (Å²) in [4.78, 5) is 21.2. The van der Waals surface area contributed by atoms with Gasteiger partial charge in [0.05, 0.1) is 37.0 Å². The van der Waals surface area contributed by atoms with Gasteiger partial charge in [-0.15, -0.1) is 0 Å². The lowest BCUT2D eigenvalue weighted by molar-refractivity contribution is -0.125. The van der Waals surface area contributed by atoms with Crippen molar-refractivity contribution in [1.29, 1.82) is 0 Å². The van der Waals surface area contributed by atoms with E-state index in [2.05, 4.69) is 36.5 Å². The van der Waals surface area contributed by atoms with Crippen LogP contribution in [0.4, 0.5) is 21.8 Å². The predicted octanol–water partition coefficient (Wildman–Crippen LogP) is 2.72. The smallest absolute Gasteiger partial charge is 0.229 e. The number of nitrogens with zero attached hydrogens (tertiary/aromatic N) is 3. The van der Waals surface area contributed by atoms with Crippen LogP contribution in [0.25, 0.3) is 0 Å². The number of carbonyl (C=O) groups excluding carboxylic acids is 1. The van der Waals surface area contributed by atoms with E-state index in [1.807, 2.05) is 0 Å². The third-order valence-corrected chi connectivity index (χ3v) is 5.08. The zero-order valence-corrected chi connectivity index (χ0v) is 18.2. The maximum absolute atomic E-state index is 14.9. The first-order valence-electron chi connectivity index (χ1n) is 9.26. The first-order chi connectivity index (χ1) is 14.5. The fraction of sp³-hybridized carbons (Fsp3) is 0.421. The van der Waals surface area contributed by atoms with E-state index in [0.29, 0.717) is 53.6 Å². The van der Waals surface area contributed by atoms with Crippen LogP contribution in [-0.4, -0.2) is 68.3 Å². The SMILES string of the molecule is COCCNc1nc(Nc2cc(F)c(C3CN(C=O)CCO3)cc2OC)ncc1Br. The van der Waals surface area contributed by atoms with Crippen LogP contribution in [0.15, 0.2) is 22.8 Å². The summed E-state index contributed by atoms with van der Waals surface area (Å²) in [6.07, 6.45) is 1.77. The molecule has 162 valence electrons. The Hall–Kier alpha value is -2.50. The molecular formula is C19H23BrFN5O4. The lowest BCUT2D eigenvalue weighted by atomic mass is 10.1.